The number of nitrogens with one attached hydrogen (secondary N) is 1. The van der Waals surface area contributed by atoms with E-state index in [9.17, 15) is 0 Å². The second-order valence-electron chi connectivity index (χ2n) is 6.31. The summed E-state index contributed by atoms with van der Waals surface area (Å²) in [5.74, 6) is 2.79. The molecule has 0 saturated heterocycles. The molecule has 2 heteroatoms. The minimum absolute atomic E-state index is 0.846. The zero-order valence-electron chi connectivity index (χ0n) is 13.5. The molecule has 1 unspecified atom stereocenters. The highest BCUT2D eigenvalue weighted by Crippen LogP contribution is 2.33. The molecular weight excluding hydrogens is 258 g/mol. The zero-order valence-corrected chi connectivity index (χ0v) is 13.5. The van der Waals surface area contributed by atoms with Gasteiger partial charge in [-0.1, -0.05) is 50.8 Å². The van der Waals surface area contributed by atoms with Gasteiger partial charge in [-0.15, -0.1) is 0 Å². The van der Waals surface area contributed by atoms with Gasteiger partial charge in [0, 0.05) is 0 Å². The Morgan fingerprint density at radius 3 is 2.67 bits per heavy atom. The normalized spacial score (nSPS) is 17.0. The van der Waals surface area contributed by atoms with Crippen molar-refractivity contribution < 1.29 is 4.74 Å². The van der Waals surface area contributed by atoms with E-state index < -0.39 is 0 Å². The van der Waals surface area contributed by atoms with Crippen molar-refractivity contribution in [2.45, 2.75) is 51.9 Å². The third kappa shape index (κ3) is 6.09. The van der Waals surface area contributed by atoms with E-state index in [4.69, 9.17) is 4.74 Å². The van der Waals surface area contributed by atoms with Crippen molar-refractivity contribution in [3.63, 3.8) is 0 Å². The number of ether oxygens (including phenoxy) is 1. The molecule has 2 rings (SSSR count). The minimum atomic E-state index is 0.846. The molecule has 0 spiro atoms. The first kappa shape index (κ1) is 16.4. The average molecular weight is 289 g/mol. The lowest BCUT2D eigenvalue weighted by atomic mass is 9.87. The van der Waals surface area contributed by atoms with Crippen molar-refractivity contribution >= 4 is 0 Å². The minimum Gasteiger partial charge on any atom is -0.494 e. The van der Waals surface area contributed by atoms with Gasteiger partial charge in [0.1, 0.15) is 5.75 Å². The maximum atomic E-state index is 5.82. The Morgan fingerprint density at radius 2 is 1.95 bits per heavy atom. The summed E-state index contributed by atoms with van der Waals surface area (Å²) in [4.78, 5) is 0. The number of benzene rings is 1. The predicted molar refractivity (Wildman–Crippen MR) is 89.8 cm³/mol. The smallest absolute Gasteiger partial charge is 0.119 e. The summed E-state index contributed by atoms with van der Waals surface area (Å²) >= 11 is 0. The van der Waals surface area contributed by atoms with E-state index in [0.29, 0.717) is 0 Å². The summed E-state index contributed by atoms with van der Waals surface area (Å²) in [6.45, 7) is 5.44. The summed E-state index contributed by atoms with van der Waals surface area (Å²) in [5, 5.41) is 3.63. The Hall–Kier alpha value is -1.02. The third-order valence-electron chi connectivity index (χ3n) is 4.63. The van der Waals surface area contributed by atoms with E-state index in [1.807, 2.05) is 30.3 Å². The Morgan fingerprint density at radius 1 is 1.19 bits per heavy atom. The van der Waals surface area contributed by atoms with Gasteiger partial charge in [0.2, 0.25) is 0 Å². The van der Waals surface area contributed by atoms with Crippen molar-refractivity contribution in [3.8, 4) is 5.75 Å². The molecule has 21 heavy (non-hydrogen) atoms. The van der Waals surface area contributed by atoms with Crippen LogP contribution in [0.25, 0.3) is 0 Å². The summed E-state index contributed by atoms with van der Waals surface area (Å²) in [5.41, 5.74) is 0. The topological polar surface area (TPSA) is 21.3 Å². The van der Waals surface area contributed by atoms with Gasteiger partial charge < -0.3 is 10.1 Å². The highest BCUT2D eigenvalue weighted by atomic mass is 16.5. The largest absolute Gasteiger partial charge is 0.494 e. The first-order valence-corrected chi connectivity index (χ1v) is 8.78. The van der Waals surface area contributed by atoms with Gasteiger partial charge in [-0.2, -0.15) is 0 Å². The number of para-hydroxylation sites is 1. The van der Waals surface area contributed by atoms with Crippen LogP contribution in [0.4, 0.5) is 0 Å². The molecule has 1 atom stereocenters. The molecule has 1 fully saturated rings. The average Bonchev–Trinajstić information content (AvgIpc) is 3.05. The molecule has 1 aromatic carbocycles. The molecule has 0 bridgehead atoms. The van der Waals surface area contributed by atoms with Crippen molar-refractivity contribution in [3.05, 3.63) is 30.3 Å². The van der Waals surface area contributed by atoms with Crippen LogP contribution in [0.2, 0.25) is 0 Å². The molecule has 0 heterocycles. The molecule has 118 valence electrons. The molecule has 0 aliphatic heterocycles. The molecule has 1 N–H and O–H groups in total. The molecule has 0 aromatic heterocycles. The van der Waals surface area contributed by atoms with E-state index in [-0.39, 0.29) is 0 Å². The van der Waals surface area contributed by atoms with E-state index in [0.717, 1.165) is 30.7 Å². The Kier molecular flexibility index (Phi) is 7.66. The van der Waals surface area contributed by atoms with Gasteiger partial charge in [0.25, 0.3) is 0 Å². The van der Waals surface area contributed by atoms with E-state index >= 15 is 0 Å². The van der Waals surface area contributed by atoms with Crippen LogP contribution in [0, 0.1) is 11.8 Å². The van der Waals surface area contributed by atoms with Gasteiger partial charge in [-0.25, -0.2) is 0 Å². The fourth-order valence-corrected chi connectivity index (χ4v) is 3.45. The quantitative estimate of drug-likeness (QED) is 0.633. The molecule has 0 amide bonds. The lowest BCUT2D eigenvalue weighted by molar-refractivity contribution is 0.254. The lowest BCUT2D eigenvalue weighted by Gasteiger charge is -2.24. The van der Waals surface area contributed by atoms with Crippen LogP contribution < -0.4 is 10.1 Å². The molecule has 2 nitrogen and oxygen atoms in total. The van der Waals surface area contributed by atoms with Crippen LogP contribution in [0.3, 0.4) is 0 Å². The first-order valence-electron chi connectivity index (χ1n) is 8.78. The standard InChI is InChI=1S/C19H31NO/c1-2-14-20-16-18(17-9-6-7-10-17)11-8-15-21-19-12-4-3-5-13-19/h3-5,12-13,17-18,20H,2,6-11,14-16H2,1H3. The van der Waals surface area contributed by atoms with Gasteiger partial charge in [-0.3, -0.25) is 0 Å². The molecule has 1 aromatic rings. The van der Waals surface area contributed by atoms with Gasteiger partial charge in [0.15, 0.2) is 0 Å². The molecule has 0 radical (unpaired) electrons. The van der Waals surface area contributed by atoms with Crippen LogP contribution >= 0.6 is 0 Å². The monoisotopic (exact) mass is 289 g/mol. The fraction of sp³-hybridized carbons (Fsp3) is 0.684. The van der Waals surface area contributed by atoms with Crippen LogP contribution in [0.5, 0.6) is 5.75 Å². The van der Waals surface area contributed by atoms with E-state index in [1.54, 1.807) is 0 Å². The van der Waals surface area contributed by atoms with Crippen LogP contribution in [0.15, 0.2) is 30.3 Å². The highest BCUT2D eigenvalue weighted by Gasteiger charge is 2.24. The maximum absolute atomic E-state index is 5.82. The van der Waals surface area contributed by atoms with Gasteiger partial charge in [-0.05, 0) is 56.3 Å². The van der Waals surface area contributed by atoms with Crippen molar-refractivity contribution in [1.29, 1.82) is 0 Å². The number of hydrogen-bond donors (Lipinski definition) is 1. The Balaban J connectivity index is 1.68. The third-order valence-corrected chi connectivity index (χ3v) is 4.63. The van der Waals surface area contributed by atoms with Crippen LogP contribution in [0.1, 0.15) is 51.9 Å². The molecule has 1 aliphatic carbocycles. The Bertz CT molecular complexity index is 359. The zero-order chi connectivity index (χ0) is 14.8. The van der Waals surface area contributed by atoms with E-state index in [2.05, 4.69) is 12.2 Å². The van der Waals surface area contributed by atoms with E-state index in [1.165, 1.54) is 51.5 Å². The summed E-state index contributed by atoms with van der Waals surface area (Å²) < 4.78 is 5.82. The van der Waals surface area contributed by atoms with Crippen LogP contribution in [-0.2, 0) is 0 Å². The number of rotatable bonds is 10. The van der Waals surface area contributed by atoms with Crippen LogP contribution in [-0.4, -0.2) is 19.7 Å². The predicted octanol–water partition coefficient (Wildman–Crippen LogP) is 4.65. The second-order valence-corrected chi connectivity index (χ2v) is 6.31. The van der Waals surface area contributed by atoms with Crippen molar-refractivity contribution in [1.82, 2.24) is 5.32 Å². The molecule has 1 aliphatic rings. The maximum Gasteiger partial charge on any atom is 0.119 e. The Labute approximate surface area is 130 Å². The molecule has 1 saturated carbocycles. The second kappa shape index (κ2) is 9.83. The highest BCUT2D eigenvalue weighted by molar-refractivity contribution is 5.20. The van der Waals surface area contributed by atoms with Crippen molar-refractivity contribution in [2.24, 2.45) is 11.8 Å². The molecular formula is C19H31NO. The van der Waals surface area contributed by atoms with Gasteiger partial charge in [0.05, 0.1) is 6.61 Å². The van der Waals surface area contributed by atoms with Crippen molar-refractivity contribution in [2.75, 3.05) is 19.7 Å². The first-order chi connectivity index (χ1) is 10.4. The number of hydrogen-bond acceptors (Lipinski definition) is 2. The fourth-order valence-electron chi connectivity index (χ4n) is 3.45. The summed E-state index contributed by atoms with van der Waals surface area (Å²) in [6, 6.07) is 10.2. The SMILES string of the molecule is CCCNCC(CCCOc1ccccc1)C1CCCC1. The lowest BCUT2D eigenvalue weighted by Crippen LogP contribution is -2.28. The summed E-state index contributed by atoms with van der Waals surface area (Å²) in [6.07, 6.45) is 9.47. The summed E-state index contributed by atoms with van der Waals surface area (Å²) in [7, 11) is 0. The van der Waals surface area contributed by atoms with Gasteiger partial charge >= 0.3 is 0 Å².